The average Bonchev–Trinajstić information content (AvgIpc) is 3.50. The monoisotopic (exact) mass is 603 g/mol. The Balaban J connectivity index is 1.45. The molecule has 0 fully saturated rings. The molecule has 0 radical (unpaired) electrons. The highest BCUT2D eigenvalue weighted by Crippen LogP contribution is 2.37. The predicted octanol–water partition coefficient (Wildman–Crippen LogP) is 6.53. The van der Waals surface area contributed by atoms with Crippen LogP contribution in [0.15, 0.2) is 106 Å². The van der Waals surface area contributed by atoms with Crippen molar-refractivity contribution in [1.29, 1.82) is 0 Å². The zero-order valence-corrected chi connectivity index (χ0v) is 24.2. The quantitative estimate of drug-likeness (QED) is 0.0738. The number of furan rings is 1. The Hall–Kier alpha value is -6.30. The standard InChI is InChI=1S/C33H25N5O7/c1-4-8-21-15-20(16-28(43-3)31(21)45-30-14-13-22(19-34-30)38(40)41)18-35-37-32(36-25-10-6-5-9-23(25)33(37)39)29-17-24-26(42-2)11-7-12-27(24)44-29/h4-7,9-19H,1,8H2,2-3H3. The summed E-state index contributed by atoms with van der Waals surface area (Å²) in [4.78, 5) is 33.0. The first-order valence-electron chi connectivity index (χ1n) is 13.6. The fourth-order valence-corrected chi connectivity index (χ4v) is 4.82. The van der Waals surface area contributed by atoms with Gasteiger partial charge in [-0.3, -0.25) is 14.9 Å². The van der Waals surface area contributed by atoms with Gasteiger partial charge in [-0.15, -0.1) is 6.58 Å². The number of aromatic nitrogens is 3. The van der Waals surface area contributed by atoms with Gasteiger partial charge in [-0.2, -0.15) is 9.78 Å². The van der Waals surface area contributed by atoms with Gasteiger partial charge in [0.25, 0.3) is 11.2 Å². The molecule has 0 aliphatic rings. The number of hydrogen-bond acceptors (Lipinski definition) is 10. The number of ether oxygens (including phenoxy) is 3. The minimum atomic E-state index is -0.540. The first kappa shape index (κ1) is 28.8. The van der Waals surface area contributed by atoms with E-state index in [1.807, 2.05) is 12.1 Å². The maximum Gasteiger partial charge on any atom is 0.287 e. The summed E-state index contributed by atoms with van der Waals surface area (Å²) in [6, 6.07) is 20.4. The van der Waals surface area contributed by atoms with Crippen LogP contribution < -0.4 is 19.8 Å². The van der Waals surface area contributed by atoms with Crippen molar-refractivity contribution in [2.45, 2.75) is 6.42 Å². The van der Waals surface area contributed by atoms with Crippen LogP contribution in [-0.4, -0.2) is 40.0 Å². The predicted molar refractivity (Wildman–Crippen MR) is 169 cm³/mol. The van der Waals surface area contributed by atoms with Crippen molar-refractivity contribution < 1.29 is 23.6 Å². The van der Waals surface area contributed by atoms with Crippen molar-refractivity contribution in [2.75, 3.05) is 14.2 Å². The number of allylic oxidation sites excluding steroid dienone is 1. The third kappa shape index (κ3) is 5.59. The van der Waals surface area contributed by atoms with E-state index < -0.39 is 4.92 Å². The molecule has 3 heterocycles. The highest BCUT2D eigenvalue weighted by molar-refractivity contribution is 5.89. The molecule has 6 aromatic rings. The van der Waals surface area contributed by atoms with E-state index in [0.717, 1.165) is 11.6 Å². The lowest BCUT2D eigenvalue weighted by Crippen LogP contribution is -2.20. The number of benzene rings is 3. The second-order valence-corrected chi connectivity index (χ2v) is 9.71. The molecule has 0 N–H and O–H groups in total. The Morgan fingerprint density at radius 3 is 2.58 bits per heavy atom. The van der Waals surface area contributed by atoms with E-state index in [1.54, 1.807) is 61.7 Å². The van der Waals surface area contributed by atoms with Crippen LogP contribution in [-0.2, 0) is 6.42 Å². The maximum absolute atomic E-state index is 13.7. The third-order valence-electron chi connectivity index (χ3n) is 6.91. The van der Waals surface area contributed by atoms with E-state index in [-0.39, 0.29) is 23.0 Å². The number of rotatable bonds is 10. The number of hydrogen-bond donors (Lipinski definition) is 0. The fraction of sp³-hybridized carbons (Fsp3) is 0.0909. The molecule has 12 nitrogen and oxygen atoms in total. The molecular formula is C33H25N5O7. The molecule has 0 spiro atoms. The fourth-order valence-electron chi connectivity index (χ4n) is 4.82. The molecule has 12 heteroatoms. The number of fused-ring (bicyclic) bond motifs is 2. The number of pyridine rings is 1. The molecule has 6 rings (SSSR count). The topological polar surface area (TPSA) is 144 Å². The SMILES string of the molecule is C=CCc1cc(C=Nn2c(-c3cc4c(OC)cccc4o3)nc3ccccc3c2=O)cc(OC)c1Oc1ccc([N+](=O)[O-])cn1. The van der Waals surface area contributed by atoms with Gasteiger partial charge < -0.3 is 18.6 Å². The van der Waals surface area contributed by atoms with Gasteiger partial charge in [-0.05, 0) is 54.4 Å². The number of para-hydroxylation sites is 1. The van der Waals surface area contributed by atoms with Gasteiger partial charge >= 0.3 is 0 Å². The van der Waals surface area contributed by atoms with Gasteiger partial charge in [0.15, 0.2) is 17.3 Å². The molecule has 0 aliphatic heterocycles. The van der Waals surface area contributed by atoms with E-state index >= 15 is 0 Å². The van der Waals surface area contributed by atoms with Crippen molar-refractivity contribution in [1.82, 2.24) is 14.6 Å². The zero-order chi connectivity index (χ0) is 31.5. The van der Waals surface area contributed by atoms with Crippen molar-refractivity contribution in [2.24, 2.45) is 5.10 Å². The average molecular weight is 604 g/mol. The molecule has 0 unspecified atom stereocenters. The molecule has 0 saturated heterocycles. The van der Waals surface area contributed by atoms with Crippen molar-refractivity contribution in [3.63, 3.8) is 0 Å². The molecule has 3 aromatic heterocycles. The van der Waals surface area contributed by atoms with Crippen LogP contribution in [0.3, 0.4) is 0 Å². The van der Waals surface area contributed by atoms with Crippen LogP contribution >= 0.6 is 0 Å². The first-order chi connectivity index (χ1) is 21.9. The minimum absolute atomic E-state index is 0.145. The van der Waals surface area contributed by atoms with Crippen molar-refractivity contribution >= 4 is 33.8 Å². The van der Waals surface area contributed by atoms with Gasteiger partial charge in [0.05, 0.1) is 41.6 Å². The van der Waals surface area contributed by atoms with E-state index in [1.165, 1.54) is 30.1 Å². The van der Waals surface area contributed by atoms with Crippen molar-refractivity contribution in [3.05, 3.63) is 123 Å². The van der Waals surface area contributed by atoms with Crippen molar-refractivity contribution in [3.8, 4) is 34.7 Å². The van der Waals surface area contributed by atoms with Crippen LogP contribution in [0.5, 0.6) is 23.1 Å². The molecule has 0 amide bonds. The van der Waals surface area contributed by atoms with E-state index in [2.05, 4.69) is 16.7 Å². The Morgan fingerprint density at radius 2 is 1.84 bits per heavy atom. The molecule has 0 saturated carbocycles. The second kappa shape index (κ2) is 12.1. The lowest BCUT2D eigenvalue weighted by Gasteiger charge is -2.15. The van der Waals surface area contributed by atoms with Crippen LogP contribution in [0.4, 0.5) is 5.69 Å². The Bertz CT molecular complexity index is 2170. The van der Waals surface area contributed by atoms with E-state index in [0.29, 0.717) is 57.0 Å². The lowest BCUT2D eigenvalue weighted by atomic mass is 10.1. The van der Waals surface area contributed by atoms with Gasteiger partial charge in [0.2, 0.25) is 11.7 Å². The minimum Gasteiger partial charge on any atom is -0.496 e. The lowest BCUT2D eigenvalue weighted by molar-refractivity contribution is -0.385. The largest absolute Gasteiger partial charge is 0.496 e. The summed E-state index contributed by atoms with van der Waals surface area (Å²) in [5, 5.41) is 16.7. The van der Waals surface area contributed by atoms with Gasteiger partial charge in [0.1, 0.15) is 17.5 Å². The van der Waals surface area contributed by atoms with Crippen LogP contribution in [0.1, 0.15) is 11.1 Å². The Kier molecular flexibility index (Phi) is 7.76. The summed E-state index contributed by atoms with van der Waals surface area (Å²) < 4.78 is 24.4. The van der Waals surface area contributed by atoms with Crippen LogP contribution in [0.2, 0.25) is 0 Å². The van der Waals surface area contributed by atoms with Gasteiger partial charge in [0, 0.05) is 17.7 Å². The second-order valence-electron chi connectivity index (χ2n) is 9.71. The van der Waals surface area contributed by atoms with Crippen LogP contribution in [0.25, 0.3) is 33.5 Å². The maximum atomic E-state index is 13.7. The molecule has 224 valence electrons. The molecule has 0 aliphatic carbocycles. The normalized spacial score (nSPS) is 11.2. The Morgan fingerprint density at radius 1 is 1.02 bits per heavy atom. The molecule has 45 heavy (non-hydrogen) atoms. The zero-order valence-electron chi connectivity index (χ0n) is 24.2. The van der Waals surface area contributed by atoms with E-state index in [9.17, 15) is 14.9 Å². The van der Waals surface area contributed by atoms with Crippen LogP contribution in [0, 0.1) is 10.1 Å². The van der Waals surface area contributed by atoms with Gasteiger partial charge in [-0.1, -0.05) is 24.3 Å². The highest BCUT2D eigenvalue weighted by Gasteiger charge is 2.19. The summed E-state index contributed by atoms with van der Waals surface area (Å²) >= 11 is 0. The molecule has 0 bridgehead atoms. The summed E-state index contributed by atoms with van der Waals surface area (Å²) in [5.41, 5.74) is 1.78. The number of nitrogens with zero attached hydrogens (tertiary/aromatic N) is 5. The van der Waals surface area contributed by atoms with Gasteiger partial charge in [-0.25, -0.2) is 9.97 Å². The Labute approximate surface area is 255 Å². The molecular weight excluding hydrogens is 578 g/mol. The highest BCUT2D eigenvalue weighted by atomic mass is 16.6. The molecule has 0 atom stereocenters. The first-order valence-corrected chi connectivity index (χ1v) is 13.6. The smallest absolute Gasteiger partial charge is 0.287 e. The number of methoxy groups -OCH3 is 2. The van der Waals surface area contributed by atoms with E-state index in [4.69, 9.17) is 23.6 Å². The summed E-state index contributed by atoms with van der Waals surface area (Å²) in [6.45, 7) is 3.84. The summed E-state index contributed by atoms with van der Waals surface area (Å²) in [7, 11) is 3.05. The summed E-state index contributed by atoms with van der Waals surface area (Å²) in [5.74, 6) is 2.01. The summed E-state index contributed by atoms with van der Waals surface area (Å²) in [6.07, 6.45) is 4.70. The number of nitro groups is 1. The third-order valence-corrected chi connectivity index (χ3v) is 6.91. The molecule has 3 aromatic carbocycles.